The van der Waals surface area contributed by atoms with Crippen molar-refractivity contribution in [3.8, 4) is 5.75 Å². The second-order valence-corrected chi connectivity index (χ2v) is 8.01. The SMILES string of the molecule is C[NH+](C)CCCN(C(=O)CCOc1ccccc1)c1nc2c(F)cc(F)cc2s1. The molecule has 8 heteroatoms. The molecule has 0 aliphatic rings. The number of nitrogens with one attached hydrogen (secondary N) is 1. The summed E-state index contributed by atoms with van der Waals surface area (Å²) < 4.78 is 33.6. The summed E-state index contributed by atoms with van der Waals surface area (Å²) in [7, 11) is 4.07. The number of nitrogens with zero attached hydrogens (tertiary/aromatic N) is 2. The molecular formula is C21H24F2N3O2S+. The fraction of sp³-hybridized carbons (Fsp3) is 0.333. The number of amides is 1. The van der Waals surface area contributed by atoms with Crippen LogP contribution in [0.2, 0.25) is 0 Å². The first-order valence-corrected chi connectivity index (χ1v) is 10.3. The lowest BCUT2D eigenvalue weighted by atomic mass is 10.3. The molecule has 3 aromatic rings. The number of halogens is 2. The maximum absolute atomic E-state index is 14.1. The third kappa shape index (κ3) is 5.71. The summed E-state index contributed by atoms with van der Waals surface area (Å²) in [4.78, 5) is 20.0. The molecule has 0 atom stereocenters. The van der Waals surface area contributed by atoms with Crippen LogP contribution in [-0.4, -0.2) is 44.7 Å². The summed E-state index contributed by atoms with van der Waals surface area (Å²) in [5.74, 6) is -0.842. The molecule has 0 spiro atoms. The zero-order chi connectivity index (χ0) is 20.8. The summed E-state index contributed by atoms with van der Waals surface area (Å²) in [5.41, 5.74) is 0.0861. The van der Waals surface area contributed by atoms with E-state index in [1.165, 1.54) is 11.0 Å². The van der Waals surface area contributed by atoms with Crippen molar-refractivity contribution in [1.29, 1.82) is 0 Å². The van der Waals surface area contributed by atoms with Gasteiger partial charge in [-0.15, -0.1) is 0 Å². The Labute approximate surface area is 172 Å². The molecule has 5 nitrogen and oxygen atoms in total. The van der Waals surface area contributed by atoms with Crippen LogP contribution in [0.15, 0.2) is 42.5 Å². The molecule has 1 heterocycles. The first-order valence-electron chi connectivity index (χ1n) is 9.47. The van der Waals surface area contributed by atoms with E-state index in [0.717, 1.165) is 30.4 Å². The van der Waals surface area contributed by atoms with Gasteiger partial charge < -0.3 is 9.64 Å². The second kappa shape index (κ2) is 9.76. The van der Waals surface area contributed by atoms with Gasteiger partial charge in [-0.1, -0.05) is 29.5 Å². The van der Waals surface area contributed by atoms with Crippen LogP contribution in [0.5, 0.6) is 5.75 Å². The maximum atomic E-state index is 14.1. The van der Waals surface area contributed by atoms with Crippen molar-refractivity contribution in [3.05, 3.63) is 54.1 Å². The van der Waals surface area contributed by atoms with Crippen molar-refractivity contribution >= 4 is 32.6 Å². The summed E-state index contributed by atoms with van der Waals surface area (Å²) >= 11 is 1.12. The summed E-state index contributed by atoms with van der Waals surface area (Å²) in [6, 6.07) is 11.3. The summed E-state index contributed by atoms with van der Waals surface area (Å²) in [6.07, 6.45) is 0.927. The Bertz CT molecular complexity index is 963. The average Bonchev–Trinajstić information content (AvgIpc) is 3.09. The molecule has 29 heavy (non-hydrogen) atoms. The van der Waals surface area contributed by atoms with E-state index in [4.69, 9.17) is 4.74 Å². The number of ether oxygens (including phenoxy) is 1. The minimum Gasteiger partial charge on any atom is -0.493 e. The predicted octanol–water partition coefficient (Wildman–Crippen LogP) is 2.91. The number of hydrogen-bond donors (Lipinski definition) is 1. The van der Waals surface area contributed by atoms with E-state index in [-0.39, 0.29) is 24.5 Å². The number of carbonyl (C=O) groups is 1. The third-order valence-electron chi connectivity index (χ3n) is 4.32. The van der Waals surface area contributed by atoms with E-state index in [2.05, 4.69) is 4.98 Å². The molecule has 1 N–H and O–H groups in total. The normalized spacial score (nSPS) is 11.2. The molecule has 0 aliphatic carbocycles. The Balaban J connectivity index is 1.74. The Morgan fingerprint density at radius 1 is 1.21 bits per heavy atom. The minimum absolute atomic E-state index is 0.0861. The summed E-state index contributed by atoms with van der Waals surface area (Å²) in [5, 5.41) is 0.378. The van der Waals surface area contributed by atoms with Crippen LogP contribution in [0.3, 0.4) is 0 Å². The van der Waals surface area contributed by atoms with Gasteiger partial charge in [-0.2, -0.15) is 0 Å². The predicted molar refractivity (Wildman–Crippen MR) is 111 cm³/mol. The van der Waals surface area contributed by atoms with Crippen molar-refractivity contribution in [1.82, 2.24) is 4.98 Å². The third-order valence-corrected chi connectivity index (χ3v) is 5.35. The van der Waals surface area contributed by atoms with Crippen LogP contribution >= 0.6 is 11.3 Å². The number of hydrogen-bond acceptors (Lipinski definition) is 4. The number of quaternary nitrogens is 1. The highest BCUT2D eigenvalue weighted by Crippen LogP contribution is 2.31. The molecule has 154 valence electrons. The standard InChI is InChI=1S/C21H23F2N3O2S/c1-25(2)10-6-11-26(19(27)9-12-28-16-7-4-3-5-8-16)21-24-20-17(23)13-15(22)14-18(20)29-21/h3-5,7-8,13-14H,6,9-12H2,1-2H3/p+1. The number of carbonyl (C=O) groups excluding carboxylic acids is 1. The van der Waals surface area contributed by atoms with Gasteiger partial charge >= 0.3 is 0 Å². The number of anilines is 1. The number of para-hydroxylation sites is 1. The van der Waals surface area contributed by atoms with Crippen LogP contribution in [0.1, 0.15) is 12.8 Å². The molecular weight excluding hydrogens is 396 g/mol. The lowest BCUT2D eigenvalue weighted by Crippen LogP contribution is -3.05. The van der Waals surface area contributed by atoms with Gasteiger partial charge in [0.05, 0.1) is 38.4 Å². The number of benzene rings is 2. The fourth-order valence-electron chi connectivity index (χ4n) is 2.89. The zero-order valence-corrected chi connectivity index (χ0v) is 17.3. The van der Waals surface area contributed by atoms with Gasteiger partial charge in [0.15, 0.2) is 10.9 Å². The number of rotatable bonds is 9. The molecule has 0 unspecified atom stereocenters. The van der Waals surface area contributed by atoms with Gasteiger partial charge in [-0.25, -0.2) is 13.8 Å². The van der Waals surface area contributed by atoms with E-state index in [1.807, 2.05) is 44.4 Å². The highest BCUT2D eigenvalue weighted by atomic mass is 32.1. The van der Waals surface area contributed by atoms with Gasteiger partial charge in [0.25, 0.3) is 0 Å². The quantitative estimate of drug-likeness (QED) is 0.579. The van der Waals surface area contributed by atoms with Crippen LogP contribution in [0, 0.1) is 11.6 Å². The lowest BCUT2D eigenvalue weighted by molar-refractivity contribution is -0.858. The molecule has 2 aromatic carbocycles. The van der Waals surface area contributed by atoms with Crippen LogP contribution < -0.4 is 14.5 Å². The molecule has 0 aliphatic heterocycles. The Kier molecular flexibility index (Phi) is 7.11. The monoisotopic (exact) mass is 420 g/mol. The Morgan fingerprint density at radius 3 is 2.69 bits per heavy atom. The molecule has 0 radical (unpaired) electrons. The van der Waals surface area contributed by atoms with E-state index < -0.39 is 11.6 Å². The van der Waals surface area contributed by atoms with Gasteiger partial charge in [-0.05, 0) is 18.2 Å². The smallest absolute Gasteiger partial charge is 0.232 e. The fourth-order valence-corrected chi connectivity index (χ4v) is 3.93. The van der Waals surface area contributed by atoms with E-state index in [1.54, 1.807) is 4.90 Å². The Hall–Kier alpha value is -2.58. The summed E-state index contributed by atoms with van der Waals surface area (Å²) in [6.45, 7) is 1.56. The number of fused-ring (bicyclic) bond motifs is 1. The van der Waals surface area contributed by atoms with Gasteiger partial charge in [-0.3, -0.25) is 9.69 Å². The molecule has 1 aromatic heterocycles. The van der Waals surface area contributed by atoms with Crippen molar-refractivity contribution in [2.24, 2.45) is 0 Å². The van der Waals surface area contributed by atoms with Crippen molar-refractivity contribution in [2.75, 3.05) is 38.7 Å². The highest BCUT2D eigenvalue weighted by molar-refractivity contribution is 7.22. The molecule has 3 rings (SSSR count). The molecule has 0 saturated carbocycles. The first kappa shape index (κ1) is 21.1. The minimum atomic E-state index is -0.722. The Morgan fingerprint density at radius 2 is 1.97 bits per heavy atom. The second-order valence-electron chi connectivity index (χ2n) is 7.00. The number of aromatic nitrogens is 1. The maximum Gasteiger partial charge on any atom is 0.232 e. The van der Waals surface area contributed by atoms with Crippen LogP contribution in [-0.2, 0) is 4.79 Å². The molecule has 0 bridgehead atoms. The largest absolute Gasteiger partial charge is 0.493 e. The highest BCUT2D eigenvalue weighted by Gasteiger charge is 2.21. The average molecular weight is 421 g/mol. The van der Waals surface area contributed by atoms with E-state index >= 15 is 0 Å². The molecule has 1 amide bonds. The van der Waals surface area contributed by atoms with Crippen LogP contribution in [0.4, 0.5) is 13.9 Å². The zero-order valence-electron chi connectivity index (χ0n) is 16.5. The number of thiazole rings is 1. The first-order chi connectivity index (χ1) is 13.9. The van der Waals surface area contributed by atoms with Gasteiger partial charge in [0, 0.05) is 19.0 Å². The molecule has 0 saturated heterocycles. The van der Waals surface area contributed by atoms with Crippen molar-refractivity contribution < 1.29 is 23.2 Å². The van der Waals surface area contributed by atoms with E-state index in [0.29, 0.717) is 22.1 Å². The van der Waals surface area contributed by atoms with E-state index in [9.17, 15) is 13.6 Å². The lowest BCUT2D eigenvalue weighted by Gasteiger charge is -2.20. The van der Waals surface area contributed by atoms with Crippen molar-refractivity contribution in [2.45, 2.75) is 12.8 Å². The van der Waals surface area contributed by atoms with Gasteiger partial charge in [0.1, 0.15) is 17.1 Å². The van der Waals surface area contributed by atoms with Crippen LogP contribution in [0.25, 0.3) is 10.2 Å². The van der Waals surface area contributed by atoms with Crippen molar-refractivity contribution in [3.63, 3.8) is 0 Å². The topological polar surface area (TPSA) is 46.9 Å². The molecule has 0 fully saturated rings. The van der Waals surface area contributed by atoms with Gasteiger partial charge in [0.2, 0.25) is 5.91 Å².